The maximum absolute atomic E-state index is 5.43. The van der Waals surface area contributed by atoms with Crippen molar-refractivity contribution in [2.24, 2.45) is 0 Å². The Hall–Kier alpha value is -0.630. The van der Waals surface area contributed by atoms with E-state index in [0.717, 1.165) is 5.56 Å². The highest BCUT2D eigenvalue weighted by molar-refractivity contribution is 6.28. The van der Waals surface area contributed by atoms with E-state index in [2.05, 4.69) is 16.9 Å². The summed E-state index contributed by atoms with van der Waals surface area (Å²) in [4.78, 5) is 7.53. The molecule has 9 heavy (non-hydrogen) atoms. The van der Waals surface area contributed by atoms with Crippen molar-refractivity contribution in [3.63, 3.8) is 0 Å². The van der Waals surface area contributed by atoms with Gasteiger partial charge in [0.1, 0.15) is 0 Å². The summed E-state index contributed by atoms with van der Waals surface area (Å²) < 4.78 is 0. The first-order valence-electron chi connectivity index (χ1n) is 2.58. The van der Waals surface area contributed by atoms with Gasteiger partial charge in [0.05, 0.1) is 0 Å². The molecule has 47 valence electrons. The summed E-state index contributed by atoms with van der Waals surface area (Å²) in [6.45, 7) is 3.66. The Morgan fingerprint density at radius 1 is 1.44 bits per heavy atom. The zero-order valence-corrected chi connectivity index (χ0v) is 5.60. The smallest absolute Gasteiger partial charge is 0.222 e. The highest BCUT2D eigenvalue weighted by Gasteiger charge is 1.89. The highest BCUT2D eigenvalue weighted by Crippen LogP contribution is 1.99. The first-order chi connectivity index (χ1) is 4.33. The molecule has 0 aromatic carbocycles. The number of hydrogen-bond acceptors (Lipinski definition) is 2. The second kappa shape index (κ2) is 2.78. The summed E-state index contributed by atoms with van der Waals surface area (Å²) in [5.74, 6) is 0. The summed E-state index contributed by atoms with van der Waals surface area (Å²) in [5, 5.41) is 0.284. The lowest BCUT2D eigenvalue weighted by Crippen LogP contribution is -1.85. The summed E-state index contributed by atoms with van der Waals surface area (Å²) >= 11 is 5.43. The third kappa shape index (κ3) is 1.64. The van der Waals surface area contributed by atoms with Gasteiger partial charge in [0.25, 0.3) is 0 Å². The van der Waals surface area contributed by atoms with Crippen molar-refractivity contribution in [2.45, 2.75) is 6.42 Å². The van der Waals surface area contributed by atoms with Crippen LogP contribution in [-0.4, -0.2) is 9.97 Å². The molecule has 0 unspecified atom stereocenters. The van der Waals surface area contributed by atoms with Crippen molar-refractivity contribution in [1.82, 2.24) is 9.97 Å². The quantitative estimate of drug-likeness (QED) is 0.554. The molecule has 0 fully saturated rings. The molecule has 0 aliphatic carbocycles. The zero-order chi connectivity index (χ0) is 6.69. The van der Waals surface area contributed by atoms with Crippen molar-refractivity contribution in [2.75, 3.05) is 0 Å². The van der Waals surface area contributed by atoms with E-state index in [4.69, 9.17) is 11.6 Å². The third-order valence-electron chi connectivity index (χ3n) is 0.962. The zero-order valence-electron chi connectivity index (χ0n) is 4.84. The molecule has 0 saturated heterocycles. The van der Waals surface area contributed by atoms with Crippen LogP contribution in [0, 0.1) is 6.92 Å². The fourth-order valence-corrected chi connectivity index (χ4v) is 0.566. The maximum Gasteiger partial charge on any atom is 0.222 e. The monoisotopic (exact) mass is 141 g/mol. The van der Waals surface area contributed by atoms with Crippen LogP contribution < -0.4 is 0 Å². The Balaban J connectivity index is 2.88. The molecule has 0 aliphatic heterocycles. The molecule has 1 heterocycles. The molecule has 0 N–H and O–H groups in total. The van der Waals surface area contributed by atoms with Crippen molar-refractivity contribution >= 4 is 11.6 Å². The predicted octanol–water partition coefficient (Wildman–Crippen LogP) is 1.51. The number of rotatable bonds is 1. The first kappa shape index (κ1) is 6.49. The van der Waals surface area contributed by atoms with Crippen LogP contribution in [0.2, 0.25) is 5.28 Å². The fourth-order valence-electron chi connectivity index (χ4n) is 0.468. The lowest BCUT2D eigenvalue weighted by molar-refractivity contribution is 1.09. The summed E-state index contributed by atoms with van der Waals surface area (Å²) in [6, 6.07) is 0. The minimum Gasteiger partial charge on any atom is -0.226 e. The van der Waals surface area contributed by atoms with Gasteiger partial charge in [0.15, 0.2) is 0 Å². The van der Waals surface area contributed by atoms with Crippen LogP contribution in [0.25, 0.3) is 0 Å². The summed E-state index contributed by atoms with van der Waals surface area (Å²) in [6.07, 6.45) is 4.04. The maximum atomic E-state index is 5.43. The SMILES string of the molecule is [CH2]Cc1cnc(Cl)nc1. The largest absolute Gasteiger partial charge is 0.226 e. The Labute approximate surface area is 58.9 Å². The van der Waals surface area contributed by atoms with E-state index in [9.17, 15) is 0 Å². The topological polar surface area (TPSA) is 25.8 Å². The van der Waals surface area contributed by atoms with Gasteiger partial charge >= 0.3 is 0 Å². The number of aromatic nitrogens is 2. The lowest BCUT2D eigenvalue weighted by atomic mass is 10.3. The standard InChI is InChI=1S/C6H6ClN2/c1-2-5-3-8-6(7)9-4-5/h3-4H,1-2H2. The molecular weight excluding hydrogens is 136 g/mol. The molecule has 2 nitrogen and oxygen atoms in total. The average Bonchev–Trinajstić information content (AvgIpc) is 1.90. The van der Waals surface area contributed by atoms with Crippen molar-refractivity contribution in [1.29, 1.82) is 0 Å². The molecule has 0 amide bonds. The molecule has 0 bridgehead atoms. The number of nitrogens with zero attached hydrogens (tertiary/aromatic N) is 2. The minimum atomic E-state index is 0.284. The van der Waals surface area contributed by atoms with Crippen molar-refractivity contribution in [3.8, 4) is 0 Å². The van der Waals surface area contributed by atoms with E-state index in [0.29, 0.717) is 6.42 Å². The van der Waals surface area contributed by atoms with Crippen LogP contribution in [0.4, 0.5) is 0 Å². The number of hydrogen-bond donors (Lipinski definition) is 0. The van der Waals surface area contributed by atoms with Crippen LogP contribution in [0.15, 0.2) is 12.4 Å². The summed E-state index contributed by atoms with van der Waals surface area (Å²) in [5.41, 5.74) is 0.999. The molecule has 1 radical (unpaired) electrons. The van der Waals surface area contributed by atoms with E-state index in [1.807, 2.05) is 0 Å². The van der Waals surface area contributed by atoms with E-state index < -0.39 is 0 Å². The van der Waals surface area contributed by atoms with Gasteiger partial charge in [-0.3, -0.25) is 0 Å². The Morgan fingerprint density at radius 3 is 2.44 bits per heavy atom. The van der Waals surface area contributed by atoms with Gasteiger partial charge in [-0.15, -0.1) is 0 Å². The van der Waals surface area contributed by atoms with Crippen molar-refractivity contribution in [3.05, 3.63) is 30.2 Å². The molecule has 3 heteroatoms. The van der Waals surface area contributed by atoms with Crippen LogP contribution in [-0.2, 0) is 6.42 Å². The van der Waals surface area contributed by atoms with E-state index in [-0.39, 0.29) is 5.28 Å². The fraction of sp³-hybridized carbons (Fsp3) is 0.167. The first-order valence-corrected chi connectivity index (χ1v) is 2.96. The molecule has 0 aliphatic rings. The Bertz CT molecular complexity index is 183. The van der Waals surface area contributed by atoms with Crippen LogP contribution in [0.3, 0.4) is 0 Å². The van der Waals surface area contributed by atoms with Gasteiger partial charge in [-0.1, -0.05) is 0 Å². The Kier molecular flexibility index (Phi) is 2.01. The van der Waals surface area contributed by atoms with E-state index in [1.165, 1.54) is 0 Å². The second-order valence-electron chi connectivity index (χ2n) is 1.61. The highest BCUT2D eigenvalue weighted by atomic mass is 35.5. The van der Waals surface area contributed by atoms with Gasteiger partial charge in [0.2, 0.25) is 5.28 Å². The van der Waals surface area contributed by atoms with Gasteiger partial charge in [0, 0.05) is 12.4 Å². The molecule has 1 aromatic heterocycles. The summed E-state index contributed by atoms with van der Waals surface area (Å²) in [7, 11) is 0. The average molecular weight is 142 g/mol. The van der Waals surface area contributed by atoms with Gasteiger partial charge in [-0.2, -0.15) is 0 Å². The van der Waals surface area contributed by atoms with Gasteiger partial charge < -0.3 is 0 Å². The van der Waals surface area contributed by atoms with Gasteiger partial charge in [-0.05, 0) is 30.5 Å². The molecule has 1 rings (SSSR count). The minimum absolute atomic E-state index is 0.284. The van der Waals surface area contributed by atoms with Gasteiger partial charge in [-0.25, -0.2) is 9.97 Å². The second-order valence-corrected chi connectivity index (χ2v) is 1.95. The molecule has 0 spiro atoms. The molecule has 0 atom stereocenters. The van der Waals surface area contributed by atoms with Crippen molar-refractivity contribution < 1.29 is 0 Å². The van der Waals surface area contributed by atoms with Crippen LogP contribution in [0.5, 0.6) is 0 Å². The predicted molar refractivity (Wildman–Crippen MR) is 36.1 cm³/mol. The third-order valence-corrected chi connectivity index (χ3v) is 1.16. The Morgan fingerprint density at radius 2 is 2.00 bits per heavy atom. The normalized spacial score (nSPS) is 9.56. The molecular formula is C6H6ClN2. The molecule has 0 saturated carbocycles. The van der Waals surface area contributed by atoms with E-state index >= 15 is 0 Å². The van der Waals surface area contributed by atoms with E-state index in [1.54, 1.807) is 12.4 Å². The van der Waals surface area contributed by atoms with Crippen LogP contribution >= 0.6 is 11.6 Å². The number of halogens is 1. The molecule has 1 aromatic rings. The lowest BCUT2D eigenvalue weighted by Gasteiger charge is -1.91. The van der Waals surface area contributed by atoms with Crippen LogP contribution in [0.1, 0.15) is 5.56 Å².